The number of methoxy groups -OCH3 is 2. The first-order valence-corrected chi connectivity index (χ1v) is 6.06. The van der Waals surface area contributed by atoms with Crippen LogP contribution in [0.4, 0.5) is 0 Å². The van der Waals surface area contributed by atoms with Crippen molar-refractivity contribution in [3.63, 3.8) is 0 Å². The number of benzene rings is 1. The molecule has 100 valence electrons. The van der Waals surface area contributed by atoms with Crippen LogP contribution in [-0.4, -0.2) is 19.2 Å². The zero-order chi connectivity index (χ0) is 13.7. The van der Waals surface area contributed by atoms with E-state index < -0.39 is 0 Å². The summed E-state index contributed by atoms with van der Waals surface area (Å²) < 4.78 is 16.0. The van der Waals surface area contributed by atoms with Gasteiger partial charge in [0.15, 0.2) is 11.5 Å². The largest absolute Gasteiger partial charge is 0.493 e. The highest BCUT2D eigenvalue weighted by Crippen LogP contribution is 2.31. The van der Waals surface area contributed by atoms with Crippen LogP contribution in [0.15, 0.2) is 36.5 Å². The lowest BCUT2D eigenvalue weighted by molar-refractivity contribution is 0.300. The van der Waals surface area contributed by atoms with Gasteiger partial charge in [-0.1, -0.05) is 17.7 Å². The molecular weight excluding hydrogens is 266 g/mol. The van der Waals surface area contributed by atoms with Crippen molar-refractivity contribution in [3.8, 4) is 17.2 Å². The number of rotatable bonds is 5. The third kappa shape index (κ3) is 3.29. The summed E-state index contributed by atoms with van der Waals surface area (Å²) >= 11 is 5.96. The lowest BCUT2D eigenvalue weighted by atomic mass is 10.3. The number of pyridine rings is 1. The number of nitrogens with zero attached hydrogens (tertiary/aromatic N) is 1. The summed E-state index contributed by atoms with van der Waals surface area (Å²) in [7, 11) is 3.17. The standard InChI is InChI=1S/C14H14ClNO3/c1-17-12-6-5-11(8-13(12)18-2)19-9-10-4-3-7-16-14(10)15/h3-8H,9H2,1-2H3. The van der Waals surface area contributed by atoms with Crippen LogP contribution in [0.5, 0.6) is 17.2 Å². The van der Waals surface area contributed by atoms with Crippen LogP contribution in [0.2, 0.25) is 5.15 Å². The zero-order valence-electron chi connectivity index (χ0n) is 10.7. The first-order valence-electron chi connectivity index (χ1n) is 5.69. The second-order valence-electron chi connectivity index (χ2n) is 3.76. The molecular formula is C14H14ClNO3. The van der Waals surface area contributed by atoms with E-state index in [0.717, 1.165) is 5.56 Å². The Kier molecular flexibility index (Phi) is 4.47. The molecule has 0 aliphatic carbocycles. The van der Waals surface area contributed by atoms with Gasteiger partial charge >= 0.3 is 0 Å². The van der Waals surface area contributed by atoms with Crippen LogP contribution in [0.3, 0.4) is 0 Å². The van der Waals surface area contributed by atoms with Gasteiger partial charge in [0.05, 0.1) is 14.2 Å². The summed E-state index contributed by atoms with van der Waals surface area (Å²) in [6, 6.07) is 9.06. The molecule has 0 aliphatic rings. The van der Waals surface area contributed by atoms with E-state index in [1.54, 1.807) is 32.5 Å². The van der Waals surface area contributed by atoms with E-state index in [1.165, 1.54) is 0 Å². The molecule has 0 radical (unpaired) electrons. The molecule has 0 spiro atoms. The number of hydrogen-bond donors (Lipinski definition) is 0. The second kappa shape index (κ2) is 6.29. The van der Waals surface area contributed by atoms with E-state index >= 15 is 0 Å². The van der Waals surface area contributed by atoms with Gasteiger partial charge in [-0.15, -0.1) is 0 Å². The topological polar surface area (TPSA) is 40.6 Å². The maximum absolute atomic E-state index is 5.96. The SMILES string of the molecule is COc1ccc(OCc2cccnc2Cl)cc1OC. The molecule has 2 aromatic rings. The number of ether oxygens (including phenoxy) is 3. The monoisotopic (exact) mass is 279 g/mol. The van der Waals surface area contributed by atoms with E-state index in [4.69, 9.17) is 25.8 Å². The minimum Gasteiger partial charge on any atom is -0.493 e. The molecule has 0 N–H and O–H groups in total. The van der Waals surface area contributed by atoms with Crippen LogP contribution in [-0.2, 0) is 6.61 Å². The van der Waals surface area contributed by atoms with E-state index in [-0.39, 0.29) is 0 Å². The van der Waals surface area contributed by atoms with Gasteiger partial charge in [0.25, 0.3) is 0 Å². The van der Waals surface area contributed by atoms with Crippen LogP contribution < -0.4 is 14.2 Å². The maximum atomic E-state index is 5.96. The summed E-state index contributed by atoms with van der Waals surface area (Å²) in [6.45, 7) is 0.349. The van der Waals surface area contributed by atoms with Crippen molar-refractivity contribution in [3.05, 3.63) is 47.2 Å². The van der Waals surface area contributed by atoms with E-state index in [0.29, 0.717) is 29.0 Å². The Labute approximate surface area is 116 Å². The van der Waals surface area contributed by atoms with Crippen molar-refractivity contribution < 1.29 is 14.2 Å². The number of hydrogen-bond acceptors (Lipinski definition) is 4. The highest BCUT2D eigenvalue weighted by atomic mass is 35.5. The predicted octanol–water partition coefficient (Wildman–Crippen LogP) is 3.33. The highest BCUT2D eigenvalue weighted by molar-refractivity contribution is 6.30. The quantitative estimate of drug-likeness (QED) is 0.787. The highest BCUT2D eigenvalue weighted by Gasteiger charge is 2.06. The van der Waals surface area contributed by atoms with Crippen molar-refractivity contribution in [2.75, 3.05) is 14.2 Å². The molecule has 0 saturated carbocycles. The Hall–Kier alpha value is -1.94. The Morgan fingerprint density at radius 2 is 1.89 bits per heavy atom. The molecule has 2 rings (SSSR count). The molecule has 5 heteroatoms. The van der Waals surface area contributed by atoms with Crippen LogP contribution >= 0.6 is 11.6 Å². The molecule has 0 saturated heterocycles. The van der Waals surface area contributed by atoms with Crippen LogP contribution in [0, 0.1) is 0 Å². The summed E-state index contributed by atoms with van der Waals surface area (Å²) in [5, 5.41) is 0.447. The third-order valence-electron chi connectivity index (χ3n) is 2.59. The Bertz CT molecular complexity index is 560. The smallest absolute Gasteiger partial charge is 0.164 e. The zero-order valence-corrected chi connectivity index (χ0v) is 11.5. The molecule has 1 aromatic carbocycles. The van der Waals surface area contributed by atoms with E-state index in [2.05, 4.69) is 4.98 Å². The molecule has 4 nitrogen and oxygen atoms in total. The van der Waals surface area contributed by atoms with Crippen molar-refractivity contribution in [2.24, 2.45) is 0 Å². The van der Waals surface area contributed by atoms with Gasteiger partial charge in [-0.05, 0) is 18.2 Å². The van der Waals surface area contributed by atoms with Crippen molar-refractivity contribution >= 4 is 11.6 Å². The predicted molar refractivity (Wildman–Crippen MR) is 73.1 cm³/mol. The summed E-state index contributed by atoms with van der Waals surface area (Å²) in [6.07, 6.45) is 1.64. The van der Waals surface area contributed by atoms with E-state index in [1.807, 2.05) is 18.2 Å². The molecule has 0 fully saturated rings. The normalized spacial score (nSPS) is 10.1. The number of aromatic nitrogens is 1. The molecule has 0 aliphatic heterocycles. The minimum absolute atomic E-state index is 0.349. The van der Waals surface area contributed by atoms with Crippen LogP contribution in [0.1, 0.15) is 5.56 Å². The fraction of sp³-hybridized carbons (Fsp3) is 0.214. The third-order valence-corrected chi connectivity index (χ3v) is 2.93. The van der Waals surface area contributed by atoms with Gasteiger partial charge in [-0.3, -0.25) is 0 Å². The molecule has 1 heterocycles. The Morgan fingerprint density at radius 3 is 2.58 bits per heavy atom. The Balaban J connectivity index is 2.10. The van der Waals surface area contributed by atoms with Crippen molar-refractivity contribution in [1.82, 2.24) is 4.98 Å². The van der Waals surface area contributed by atoms with Gasteiger partial charge in [0.1, 0.15) is 17.5 Å². The fourth-order valence-electron chi connectivity index (χ4n) is 1.59. The van der Waals surface area contributed by atoms with Crippen molar-refractivity contribution in [1.29, 1.82) is 0 Å². The van der Waals surface area contributed by atoms with Gasteiger partial charge in [-0.2, -0.15) is 0 Å². The summed E-state index contributed by atoms with van der Waals surface area (Å²) in [5.41, 5.74) is 0.832. The lowest BCUT2D eigenvalue weighted by Gasteiger charge is -2.11. The summed E-state index contributed by atoms with van der Waals surface area (Å²) in [5.74, 6) is 1.96. The maximum Gasteiger partial charge on any atom is 0.164 e. The molecule has 0 bridgehead atoms. The van der Waals surface area contributed by atoms with Gasteiger partial charge in [0.2, 0.25) is 0 Å². The molecule has 1 aromatic heterocycles. The molecule has 0 atom stereocenters. The van der Waals surface area contributed by atoms with Gasteiger partial charge in [-0.25, -0.2) is 4.98 Å². The van der Waals surface area contributed by atoms with E-state index in [9.17, 15) is 0 Å². The van der Waals surface area contributed by atoms with Gasteiger partial charge < -0.3 is 14.2 Å². The Morgan fingerprint density at radius 1 is 1.11 bits per heavy atom. The minimum atomic E-state index is 0.349. The average molecular weight is 280 g/mol. The molecule has 19 heavy (non-hydrogen) atoms. The lowest BCUT2D eigenvalue weighted by Crippen LogP contribution is -1.98. The first kappa shape index (κ1) is 13.5. The molecule has 0 unspecified atom stereocenters. The second-order valence-corrected chi connectivity index (χ2v) is 4.12. The van der Waals surface area contributed by atoms with Crippen LogP contribution in [0.25, 0.3) is 0 Å². The summed E-state index contributed by atoms with van der Waals surface area (Å²) in [4.78, 5) is 3.99. The fourth-order valence-corrected chi connectivity index (χ4v) is 1.77. The first-order chi connectivity index (χ1) is 9.24. The van der Waals surface area contributed by atoms with Crippen molar-refractivity contribution in [2.45, 2.75) is 6.61 Å². The molecule has 0 amide bonds. The van der Waals surface area contributed by atoms with Gasteiger partial charge in [0, 0.05) is 17.8 Å². The average Bonchev–Trinajstić information content (AvgIpc) is 2.46. The number of halogens is 1.